The third-order valence-electron chi connectivity index (χ3n) is 4.77. The number of rotatable bonds is 4. The van der Waals surface area contributed by atoms with E-state index in [4.69, 9.17) is 4.42 Å². The van der Waals surface area contributed by atoms with Gasteiger partial charge < -0.3 is 9.32 Å². The van der Waals surface area contributed by atoms with Crippen molar-refractivity contribution in [2.24, 2.45) is 11.8 Å². The summed E-state index contributed by atoms with van der Waals surface area (Å²) in [7, 11) is 0. The summed E-state index contributed by atoms with van der Waals surface area (Å²) >= 11 is 0. The Labute approximate surface area is 140 Å². The molecule has 7 heteroatoms. The molecule has 0 unspecified atom stereocenters. The number of aromatic nitrogens is 2. The Kier molecular flexibility index (Phi) is 4.62. The van der Waals surface area contributed by atoms with Crippen LogP contribution in [0.15, 0.2) is 28.7 Å². The van der Waals surface area contributed by atoms with E-state index < -0.39 is 4.92 Å². The minimum Gasteiger partial charge on any atom is -0.415 e. The monoisotopic (exact) mass is 331 g/mol. The van der Waals surface area contributed by atoms with E-state index in [1.165, 1.54) is 23.5 Å². The average Bonchev–Trinajstić information content (AvgIpc) is 3.03. The second kappa shape index (κ2) is 6.68. The van der Waals surface area contributed by atoms with Gasteiger partial charge in [0.05, 0.1) is 18.0 Å². The average molecular weight is 331 g/mol. The third-order valence-corrected chi connectivity index (χ3v) is 4.77. The van der Waals surface area contributed by atoms with Crippen LogP contribution in [0.25, 0.3) is 11.5 Å². The molecule has 7 nitrogen and oxygen atoms in total. The molecular formula is C17H23N4O3+. The van der Waals surface area contributed by atoms with Crippen LogP contribution in [0, 0.1) is 22.0 Å². The molecule has 0 aliphatic carbocycles. The number of non-ortho nitro benzene ring substituents is 1. The summed E-state index contributed by atoms with van der Waals surface area (Å²) in [6.45, 7) is 8.92. The summed E-state index contributed by atoms with van der Waals surface area (Å²) in [4.78, 5) is 11.8. The molecule has 0 bridgehead atoms. The van der Waals surface area contributed by atoms with E-state index in [0.29, 0.717) is 29.2 Å². The van der Waals surface area contributed by atoms with Crippen LogP contribution in [0.5, 0.6) is 0 Å². The fourth-order valence-corrected chi connectivity index (χ4v) is 3.61. The molecule has 1 aromatic heterocycles. The van der Waals surface area contributed by atoms with Crippen molar-refractivity contribution >= 4 is 5.69 Å². The standard InChI is InChI=1S/C17H22N4O3/c1-11-8-12(2)10-20(9-11)13(3)16-18-19-17(24-16)14-4-6-15(7-5-14)21(22)23/h4-7,11-13H,8-10H2,1-3H3/p+1/t11-,12-,13-/m0/s1. The summed E-state index contributed by atoms with van der Waals surface area (Å²) < 4.78 is 5.84. The fourth-order valence-electron chi connectivity index (χ4n) is 3.61. The van der Waals surface area contributed by atoms with Gasteiger partial charge in [0.1, 0.15) is 0 Å². The van der Waals surface area contributed by atoms with E-state index in [1.54, 1.807) is 12.1 Å². The Morgan fingerprint density at radius 2 is 1.83 bits per heavy atom. The molecule has 2 aromatic rings. The van der Waals surface area contributed by atoms with Crippen LogP contribution < -0.4 is 4.90 Å². The van der Waals surface area contributed by atoms with Crippen molar-refractivity contribution in [1.29, 1.82) is 0 Å². The molecule has 2 heterocycles. The van der Waals surface area contributed by atoms with Crippen LogP contribution in [-0.4, -0.2) is 28.2 Å². The van der Waals surface area contributed by atoms with E-state index in [9.17, 15) is 10.1 Å². The first-order chi connectivity index (χ1) is 11.4. The van der Waals surface area contributed by atoms with Crippen LogP contribution in [0.3, 0.4) is 0 Å². The number of hydrogen-bond donors (Lipinski definition) is 1. The third kappa shape index (κ3) is 3.46. The number of likely N-dealkylation sites (tertiary alicyclic amines) is 1. The molecule has 1 aromatic carbocycles. The molecule has 1 N–H and O–H groups in total. The van der Waals surface area contributed by atoms with Crippen molar-refractivity contribution < 1.29 is 14.2 Å². The van der Waals surface area contributed by atoms with Crippen LogP contribution in [-0.2, 0) is 0 Å². The quantitative estimate of drug-likeness (QED) is 0.686. The first-order valence-corrected chi connectivity index (χ1v) is 8.37. The van der Waals surface area contributed by atoms with Crippen LogP contribution in [0.1, 0.15) is 39.1 Å². The predicted molar refractivity (Wildman–Crippen MR) is 88.4 cm³/mol. The van der Waals surface area contributed by atoms with Crippen LogP contribution in [0.2, 0.25) is 0 Å². The normalized spacial score (nSPS) is 25.4. The highest BCUT2D eigenvalue weighted by molar-refractivity contribution is 5.55. The summed E-state index contributed by atoms with van der Waals surface area (Å²) in [6.07, 6.45) is 1.27. The van der Waals surface area contributed by atoms with Gasteiger partial charge in [0, 0.05) is 29.5 Å². The molecule has 1 aliphatic rings. The number of nitrogens with one attached hydrogen (secondary N) is 1. The van der Waals surface area contributed by atoms with Crippen molar-refractivity contribution in [2.45, 2.75) is 33.2 Å². The van der Waals surface area contributed by atoms with Gasteiger partial charge in [-0.1, -0.05) is 13.8 Å². The lowest BCUT2D eigenvalue weighted by molar-refractivity contribution is -0.942. The van der Waals surface area contributed by atoms with Gasteiger partial charge in [-0.25, -0.2) is 0 Å². The molecule has 0 amide bonds. The van der Waals surface area contributed by atoms with Gasteiger partial charge >= 0.3 is 0 Å². The number of nitro benzene ring substituents is 1. The molecular weight excluding hydrogens is 308 g/mol. The molecule has 1 saturated heterocycles. The Morgan fingerprint density at radius 3 is 2.42 bits per heavy atom. The minimum atomic E-state index is -0.423. The first kappa shape index (κ1) is 16.6. The van der Waals surface area contributed by atoms with E-state index in [2.05, 4.69) is 31.0 Å². The van der Waals surface area contributed by atoms with E-state index in [-0.39, 0.29) is 11.7 Å². The van der Waals surface area contributed by atoms with Crippen molar-refractivity contribution in [3.8, 4) is 11.5 Å². The van der Waals surface area contributed by atoms with Gasteiger partial charge in [0.2, 0.25) is 5.89 Å². The number of quaternary nitrogens is 1. The van der Waals surface area contributed by atoms with Crippen molar-refractivity contribution in [2.75, 3.05) is 13.1 Å². The molecule has 3 atom stereocenters. The molecule has 1 aliphatic heterocycles. The lowest BCUT2D eigenvalue weighted by Crippen LogP contribution is -3.14. The maximum atomic E-state index is 10.7. The zero-order valence-corrected chi connectivity index (χ0v) is 14.2. The van der Waals surface area contributed by atoms with Gasteiger partial charge in [-0.2, -0.15) is 0 Å². The Morgan fingerprint density at radius 1 is 1.21 bits per heavy atom. The van der Waals surface area contributed by atoms with E-state index in [0.717, 1.165) is 13.1 Å². The van der Waals surface area contributed by atoms with Gasteiger partial charge in [-0.05, 0) is 25.5 Å². The molecule has 24 heavy (non-hydrogen) atoms. The molecule has 0 radical (unpaired) electrons. The van der Waals surface area contributed by atoms with Gasteiger partial charge in [-0.15, -0.1) is 10.2 Å². The zero-order valence-electron chi connectivity index (χ0n) is 14.2. The summed E-state index contributed by atoms with van der Waals surface area (Å²) in [6, 6.07) is 6.31. The highest BCUT2D eigenvalue weighted by atomic mass is 16.6. The van der Waals surface area contributed by atoms with Crippen LogP contribution >= 0.6 is 0 Å². The number of benzene rings is 1. The Bertz CT molecular complexity index is 703. The first-order valence-electron chi connectivity index (χ1n) is 8.37. The van der Waals surface area contributed by atoms with Crippen molar-refractivity contribution in [3.05, 3.63) is 40.3 Å². The molecule has 0 spiro atoms. The topological polar surface area (TPSA) is 86.5 Å². The van der Waals surface area contributed by atoms with Gasteiger partial charge in [0.15, 0.2) is 6.04 Å². The van der Waals surface area contributed by atoms with Crippen molar-refractivity contribution in [1.82, 2.24) is 10.2 Å². The Balaban J connectivity index is 1.76. The molecule has 3 rings (SSSR count). The largest absolute Gasteiger partial charge is 0.415 e. The summed E-state index contributed by atoms with van der Waals surface area (Å²) in [5, 5.41) is 19.0. The highest BCUT2D eigenvalue weighted by Gasteiger charge is 2.32. The predicted octanol–water partition coefficient (Wildman–Crippen LogP) is 2.27. The molecule has 1 fully saturated rings. The van der Waals surface area contributed by atoms with Crippen LogP contribution in [0.4, 0.5) is 5.69 Å². The van der Waals surface area contributed by atoms with Gasteiger partial charge in [-0.3, -0.25) is 10.1 Å². The molecule has 0 saturated carbocycles. The number of piperidine rings is 1. The lowest BCUT2D eigenvalue weighted by Gasteiger charge is -2.34. The minimum absolute atomic E-state index is 0.0487. The SMILES string of the molecule is C[C@H]1C[C@H](C)C[NH+]([C@@H](C)c2nnc(-c3ccc([N+](=O)[O-])cc3)o2)C1. The number of nitro groups is 1. The molecule has 128 valence electrons. The number of hydrogen-bond acceptors (Lipinski definition) is 5. The summed E-state index contributed by atoms with van der Waals surface area (Å²) in [5.41, 5.74) is 0.745. The fraction of sp³-hybridized carbons (Fsp3) is 0.529. The zero-order chi connectivity index (χ0) is 17.3. The maximum absolute atomic E-state index is 10.7. The van der Waals surface area contributed by atoms with Crippen molar-refractivity contribution in [3.63, 3.8) is 0 Å². The smallest absolute Gasteiger partial charge is 0.274 e. The highest BCUT2D eigenvalue weighted by Crippen LogP contribution is 2.23. The van der Waals surface area contributed by atoms with E-state index >= 15 is 0 Å². The number of nitrogens with zero attached hydrogens (tertiary/aromatic N) is 3. The lowest BCUT2D eigenvalue weighted by atomic mass is 9.91. The second-order valence-corrected chi connectivity index (χ2v) is 6.98. The second-order valence-electron chi connectivity index (χ2n) is 6.98. The summed E-state index contributed by atoms with van der Waals surface area (Å²) in [5.74, 6) is 2.43. The van der Waals surface area contributed by atoms with Gasteiger partial charge in [0.25, 0.3) is 11.6 Å². The van der Waals surface area contributed by atoms with E-state index in [1.807, 2.05) is 0 Å². The Hall–Kier alpha value is -2.28. The maximum Gasteiger partial charge on any atom is 0.274 e.